The van der Waals surface area contributed by atoms with E-state index >= 15 is 0 Å². The second-order valence-electron chi connectivity index (χ2n) is 6.30. The minimum Gasteiger partial charge on any atom is -0.370 e. The van der Waals surface area contributed by atoms with Crippen molar-refractivity contribution in [3.8, 4) is 0 Å². The Kier molecular flexibility index (Phi) is 4.29. The predicted molar refractivity (Wildman–Crippen MR) is 89.2 cm³/mol. The van der Waals surface area contributed by atoms with E-state index in [-0.39, 0.29) is 12.0 Å². The predicted octanol–water partition coefficient (Wildman–Crippen LogP) is 3.42. The monoisotopic (exact) mass is 346 g/mol. The molecular formula is C18H19ClN2O3. The maximum absolute atomic E-state index is 12.9. The maximum atomic E-state index is 12.9. The van der Waals surface area contributed by atoms with Crippen molar-refractivity contribution in [2.75, 3.05) is 19.7 Å². The van der Waals surface area contributed by atoms with E-state index in [0.29, 0.717) is 30.4 Å². The van der Waals surface area contributed by atoms with Crippen molar-refractivity contribution in [1.82, 2.24) is 10.1 Å². The normalized spacial score (nSPS) is 20.7. The molecule has 2 aromatic rings. The van der Waals surface area contributed by atoms with E-state index in [9.17, 15) is 4.79 Å². The summed E-state index contributed by atoms with van der Waals surface area (Å²) in [6.07, 6.45) is 3.82. The van der Waals surface area contributed by atoms with Crippen LogP contribution in [-0.4, -0.2) is 35.7 Å². The number of carbonyl (C=O) groups excluding carboxylic acids is 1. The van der Waals surface area contributed by atoms with Crippen LogP contribution < -0.4 is 0 Å². The lowest BCUT2D eigenvalue weighted by Gasteiger charge is -2.33. The minimum atomic E-state index is -0.136. The fraction of sp³-hybridized carbons (Fsp3) is 0.444. The minimum absolute atomic E-state index is 0.0517. The third kappa shape index (κ3) is 2.94. The molecule has 1 fully saturated rings. The highest BCUT2D eigenvalue weighted by Crippen LogP contribution is 2.28. The molecule has 2 aliphatic rings. The van der Waals surface area contributed by atoms with Crippen molar-refractivity contribution in [3.63, 3.8) is 0 Å². The Morgan fingerprint density at radius 3 is 2.83 bits per heavy atom. The van der Waals surface area contributed by atoms with Gasteiger partial charge in [0.2, 0.25) is 0 Å². The molecule has 1 unspecified atom stereocenters. The Morgan fingerprint density at radius 2 is 2.00 bits per heavy atom. The summed E-state index contributed by atoms with van der Waals surface area (Å²) >= 11 is 5.94. The van der Waals surface area contributed by atoms with Gasteiger partial charge in [0.15, 0.2) is 5.69 Å². The van der Waals surface area contributed by atoms with Crippen LogP contribution in [0.4, 0.5) is 0 Å². The Labute approximate surface area is 145 Å². The number of benzene rings is 1. The largest absolute Gasteiger partial charge is 0.370 e. The highest BCUT2D eigenvalue weighted by atomic mass is 35.5. The van der Waals surface area contributed by atoms with Crippen LogP contribution >= 0.6 is 11.6 Å². The molecule has 1 atom stereocenters. The van der Waals surface area contributed by atoms with Crippen LogP contribution in [0.5, 0.6) is 0 Å². The van der Waals surface area contributed by atoms with Gasteiger partial charge in [-0.25, -0.2) is 0 Å². The Morgan fingerprint density at radius 1 is 1.21 bits per heavy atom. The molecule has 5 nitrogen and oxygen atoms in total. The molecule has 2 heterocycles. The number of ether oxygens (including phenoxy) is 1. The molecule has 0 bridgehead atoms. The number of morpholine rings is 1. The summed E-state index contributed by atoms with van der Waals surface area (Å²) in [5, 5.41) is 4.75. The van der Waals surface area contributed by atoms with E-state index < -0.39 is 0 Å². The summed E-state index contributed by atoms with van der Waals surface area (Å²) < 4.78 is 11.2. The lowest BCUT2D eigenvalue weighted by molar-refractivity contribution is -0.0231. The van der Waals surface area contributed by atoms with Crippen LogP contribution in [0.25, 0.3) is 0 Å². The molecule has 24 heavy (non-hydrogen) atoms. The maximum Gasteiger partial charge on any atom is 0.276 e. The summed E-state index contributed by atoms with van der Waals surface area (Å²) in [6, 6.07) is 7.57. The molecule has 1 aromatic carbocycles. The van der Waals surface area contributed by atoms with E-state index in [4.69, 9.17) is 20.9 Å². The fourth-order valence-corrected chi connectivity index (χ4v) is 3.54. The van der Waals surface area contributed by atoms with Gasteiger partial charge in [-0.3, -0.25) is 4.79 Å². The average Bonchev–Trinajstić information content (AvgIpc) is 3.06. The molecule has 1 aliphatic carbocycles. The average molecular weight is 347 g/mol. The summed E-state index contributed by atoms with van der Waals surface area (Å²) in [5.41, 5.74) is 2.52. The molecule has 1 aliphatic heterocycles. The van der Waals surface area contributed by atoms with Crippen LogP contribution in [-0.2, 0) is 17.6 Å². The molecule has 1 aromatic heterocycles. The number of hydrogen-bond acceptors (Lipinski definition) is 4. The Hall–Kier alpha value is -1.85. The van der Waals surface area contributed by atoms with Crippen LogP contribution in [0.3, 0.4) is 0 Å². The number of carbonyl (C=O) groups is 1. The van der Waals surface area contributed by atoms with Gasteiger partial charge in [0.1, 0.15) is 11.9 Å². The van der Waals surface area contributed by atoms with Crippen molar-refractivity contribution in [2.24, 2.45) is 0 Å². The summed E-state index contributed by atoms with van der Waals surface area (Å²) in [7, 11) is 0. The van der Waals surface area contributed by atoms with E-state index in [2.05, 4.69) is 5.16 Å². The number of fused-ring (bicyclic) bond motifs is 1. The second-order valence-corrected chi connectivity index (χ2v) is 6.74. The fourth-order valence-electron chi connectivity index (χ4n) is 3.42. The molecule has 1 saturated heterocycles. The van der Waals surface area contributed by atoms with Gasteiger partial charge < -0.3 is 14.2 Å². The lowest BCUT2D eigenvalue weighted by Crippen LogP contribution is -2.42. The van der Waals surface area contributed by atoms with E-state index in [0.717, 1.165) is 42.6 Å². The molecular weight excluding hydrogens is 328 g/mol. The number of aryl methyl sites for hydroxylation is 1. The standard InChI is InChI=1S/C18H19ClN2O3/c19-13-7-5-12(6-8-13)16-11-21(9-10-23-16)18(22)17-14-3-1-2-4-15(14)24-20-17/h5-8,16H,1-4,9-11H2. The third-order valence-corrected chi connectivity index (χ3v) is 5.00. The van der Waals surface area contributed by atoms with E-state index in [1.165, 1.54) is 0 Å². The van der Waals surface area contributed by atoms with Gasteiger partial charge in [-0.15, -0.1) is 0 Å². The number of hydrogen-bond donors (Lipinski definition) is 0. The topological polar surface area (TPSA) is 55.6 Å². The van der Waals surface area contributed by atoms with Gasteiger partial charge in [0, 0.05) is 23.6 Å². The van der Waals surface area contributed by atoms with Crippen molar-refractivity contribution in [3.05, 3.63) is 51.9 Å². The van der Waals surface area contributed by atoms with Gasteiger partial charge in [0.05, 0.1) is 13.2 Å². The molecule has 6 heteroatoms. The van der Waals surface area contributed by atoms with Gasteiger partial charge in [0.25, 0.3) is 5.91 Å². The summed E-state index contributed by atoms with van der Waals surface area (Å²) in [5.74, 6) is 0.830. The first-order valence-corrected chi connectivity index (χ1v) is 8.74. The number of nitrogens with zero attached hydrogens (tertiary/aromatic N) is 2. The highest BCUT2D eigenvalue weighted by Gasteiger charge is 2.31. The number of aromatic nitrogens is 1. The quantitative estimate of drug-likeness (QED) is 0.836. The molecule has 1 amide bonds. The van der Waals surface area contributed by atoms with Gasteiger partial charge in [-0.1, -0.05) is 28.9 Å². The third-order valence-electron chi connectivity index (χ3n) is 4.75. The summed E-state index contributed by atoms with van der Waals surface area (Å²) in [6.45, 7) is 1.60. The van der Waals surface area contributed by atoms with Crippen molar-refractivity contribution < 1.29 is 14.1 Å². The van der Waals surface area contributed by atoms with E-state index in [1.807, 2.05) is 29.2 Å². The van der Waals surface area contributed by atoms with Gasteiger partial charge >= 0.3 is 0 Å². The highest BCUT2D eigenvalue weighted by molar-refractivity contribution is 6.30. The van der Waals surface area contributed by atoms with Crippen molar-refractivity contribution in [2.45, 2.75) is 31.8 Å². The van der Waals surface area contributed by atoms with Crippen LogP contribution in [0.15, 0.2) is 28.8 Å². The molecule has 0 spiro atoms. The molecule has 0 saturated carbocycles. The number of rotatable bonds is 2. The van der Waals surface area contributed by atoms with Crippen molar-refractivity contribution in [1.29, 1.82) is 0 Å². The number of halogens is 1. The van der Waals surface area contributed by atoms with Gasteiger partial charge in [-0.2, -0.15) is 0 Å². The van der Waals surface area contributed by atoms with Crippen LogP contribution in [0.2, 0.25) is 5.02 Å². The SMILES string of the molecule is O=C(c1noc2c1CCCC2)N1CCOC(c2ccc(Cl)cc2)C1. The number of amides is 1. The Balaban J connectivity index is 1.52. The zero-order chi connectivity index (χ0) is 16.5. The van der Waals surface area contributed by atoms with Crippen molar-refractivity contribution >= 4 is 17.5 Å². The smallest absolute Gasteiger partial charge is 0.276 e. The molecule has 4 rings (SSSR count). The zero-order valence-corrected chi connectivity index (χ0v) is 14.1. The zero-order valence-electron chi connectivity index (χ0n) is 13.3. The second kappa shape index (κ2) is 6.57. The first kappa shape index (κ1) is 15.7. The van der Waals surface area contributed by atoms with Crippen LogP contribution in [0, 0.1) is 0 Å². The summed E-state index contributed by atoms with van der Waals surface area (Å²) in [4.78, 5) is 14.7. The lowest BCUT2D eigenvalue weighted by atomic mass is 9.96. The van der Waals surface area contributed by atoms with Crippen LogP contribution in [0.1, 0.15) is 46.3 Å². The first-order chi connectivity index (χ1) is 11.7. The molecule has 126 valence electrons. The molecule has 0 radical (unpaired) electrons. The first-order valence-electron chi connectivity index (χ1n) is 8.36. The Bertz CT molecular complexity index is 741. The van der Waals surface area contributed by atoms with E-state index in [1.54, 1.807) is 0 Å². The molecule has 0 N–H and O–H groups in total. The van der Waals surface area contributed by atoms with Gasteiger partial charge in [-0.05, 0) is 37.0 Å².